The Hall–Kier alpha value is -2.03. The smallest absolute Gasteiger partial charge is 0.119 e. The monoisotopic (exact) mass is 282 g/mol. The number of anilines is 1. The van der Waals surface area contributed by atoms with Crippen LogP contribution in [0.25, 0.3) is 0 Å². The van der Waals surface area contributed by atoms with Gasteiger partial charge in [-0.15, -0.1) is 0 Å². The number of hydrogen-bond acceptors (Lipinski definition) is 3. The van der Waals surface area contributed by atoms with Gasteiger partial charge in [0.15, 0.2) is 0 Å². The Balaban J connectivity index is 1.52. The van der Waals surface area contributed by atoms with Crippen molar-refractivity contribution in [3.05, 3.63) is 53.9 Å². The summed E-state index contributed by atoms with van der Waals surface area (Å²) < 4.78 is 5.97. The molecule has 1 aliphatic carbocycles. The minimum atomic E-state index is 0.419. The number of nitrogens with zero attached hydrogens (tertiary/aromatic N) is 1. The van der Waals surface area contributed by atoms with Gasteiger partial charge >= 0.3 is 0 Å². The van der Waals surface area contributed by atoms with E-state index in [0.717, 1.165) is 23.7 Å². The number of ether oxygens (including phenoxy) is 1. The van der Waals surface area contributed by atoms with Gasteiger partial charge in [-0.2, -0.15) is 0 Å². The fourth-order valence-electron chi connectivity index (χ4n) is 2.66. The van der Waals surface area contributed by atoms with Crippen LogP contribution >= 0.6 is 0 Å². The Morgan fingerprint density at radius 1 is 1.10 bits per heavy atom. The number of nitrogens with one attached hydrogen (secondary N) is 1. The maximum absolute atomic E-state index is 5.97. The number of aryl methyl sites for hydroxylation is 1. The fraction of sp³-hybridized carbons (Fsp3) is 0.389. The van der Waals surface area contributed by atoms with E-state index in [-0.39, 0.29) is 0 Å². The minimum Gasteiger partial charge on any atom is -0.490 e. The Morgan fingerprint density at radius 2 is 1.86 bits per heavy atom. The van der Waals surface area contributed by atoms with E-state index in [0.29, 0.717) is 6.10 Å². The van der Waals surface area contributed by atoms with Crippen molar-refractivity contribution >= 4 is 5.69 Å². The van der Waals surface area contributed by atoms with Crippen molar-refractivity contribution < 1.29 is 4.74 Å². The molecule has 0 aliphatic heterocycles. The summed E-state index contributed by atoms with van der Waals surface area (Å²) in [5.74, 6) is 0.976. The molecule has 0 radical (unpaired) electrons. The molecule has 110 valence electrons. The van der Waals surface area contributed by atoms with E-state index in [4.69, 9.17) is 4.74 Å². The average Bonchev–Trinajstić information content (AvgIpc) is 3.01. The van der Waals surface area contributed by atoms with Crippen LogP contribution in [0.3, 0.4) is 0 Å². The third-order valence-corrected chi connectivity index (χ3v) is 3.93. The summed E-state index contributed by atoms with van der Waals surface area (Å²) in [6.07, 6.45) is 7.33. The molecule has 1 aliphatic rings. The molecule has 0 spiro atoms. The molecule has 3 rings (SSSR count). The third kappa shape index (κ3) is 3.97. The van der Waals surface area contributed by atoms with Crippen LogP contribution in [0.2, 0.25) is 0 Å². The normalized spacial score (nSPS) is 15.1. The summed E-state index contributed by atoms with van der Waals surface area (Å²) in [5, 5.41) is 3.41. The van der Waals surface area contributed by atoms with Crippen LogP contribution in [-0.2, 0) is 6.54 Å². The largest absolute Gasteiger partial charge is 0.490 e. The van der Waals surface area contributed by atoms with E-state index < -0.39 is 0 Å². The Labute approximate surface area is 126 Å². The van der Waals surface area contributed by atoms with E-state index in [1.54, 1.807) is 0 Å². The second kappa shape index (κ2) is 6.61. The number of hydrogen-bond donors (Lipinski definition) is 1. The number of pyridine rings is 1. The molecule has 0 saturated heterocycles. The Kier molecular flexibility index (Phi) is 4.39. The molecule has 0 bridgehead atoms. The van der Waals surface area contributed by atoms with Gasteiger partial charge in [-0.25, -0.2) is 0 Å². The molecule has 2 aromatic rings. The lowest BCUT2D eigenvalue weighted by Gasteiger charge is -2.13. The second-order valence-corrected chi connectivity index (χ2v) is 5.71. The number of rotatable bonds is 5. The van der Waals surface area contributed by atoms with Gasteiger partial charge in [-0.1, -0.05) is 6.07 Å². The van der Waals surface area contributed by atoms with Crippen LogP contribution in [0.5, 0.6) is 5.75 Å². The first-order valence-corrected chi connectivity index (χ1v) is 7.72. The Morgan fingerprint density at radius 3 is 2.52 bits per heavy atom. The quantitative estimate of drug-likeness (QED) is 0.886. The van der Waals surface area contributed by atoms with Gasteiger partial charge in [0.1, 0.15) is 5.75 Å². The predicted octanol–water partition coefficient (Wildman–Crippen LogP) is 4.32. The second-order valence-electron chi connectivity index (χ2n) is 5.71. The zero-order chi connectivity index (χ0) is 14.5. The van der Waals surface area contributed by atoms with Crippen LogP contribution in [-0.4, -0.2) is 11.1 Å². The van der Waals surface area contributed by atoms with Crippen LogP contribution < -0.4 is 10.1 Å². The van der Waals surface area contributed by atoms with Gasteiger partial charge in [0.05, 0.1) is 6.10 Å². The van der Waals surface area contributed by atoms with Crippen molar-refractivity contribution in [1.82, 2.24) is 4.98 Å². The van der Waals surface area contributed by atoms with Gasteiger partial charge in [-0.05, 0) is 68.5 Å². The van der Waals surface area contributed by atoms with Crippen molar-refractivity contribution in [3.8, 4) is 5.75 Å². The zero-order valence-corrected chi connectivity index (χ0v) is 12.5. The lowest BCUT2D eigenvalue weighted by molar-refractivity contribution is 0.210. The molecule has 0 amide bonds. The van der Waals surface area contributed by atoms with Gasteiger partial charge in [0.2, 0.25) is 0 Å². The Bertz CT molecular complexity index is 557. The van der Waals surface area contributed by atoms with E-state index in [2.05, 4.69) is 28.5 Å². The molecule has 3 heteroatoms. The highest BCUT2D eigenvalue weighted by Crippen LogP contribution is 2.25. The molecule has 1 N–H and O–H groups in total. The summed E-state index contributed by atoms with van der Waals surface area (Å²) in [7, 11) is 0. The summed E-state index contributed by atoms with van der Waals surface area (Å²) in [6, 6.07) is 12.4. The molecule has 1 heterocycles. The highest BCUT2D eigenvalue weighted by molar-refractivity contribution is 5.46. The molecular weight excluding hydrogens is 260 g/mol. The van der Waals surface area contributed by atoms with E-state index >= 15 is 0 Å². The first-order valence-electron chi connectivity index (χ1n) is 7.72. The molecule has 3 nitrogen and oxygen atoms in total. The maximum Gasteiger partial charge on any atom is 0.119 e. The molecule has 0 unspecified atom stereocenters. The summed E-state index contributed by atoms with van der Waals surface area (Å²) in [5.41, 5.74) is 3.34. The summed E-state index contributed by atoms with van der Waals surface area (Å²) in [6.45, 7) is 2.79. The molecule has 1 aromatic carbocycles. The lowest BCUT2D eigenvalue weighted by Crippen LogP contribution is -2.10. The SMILES string of the molecule is Cc1ccc(CNc2ccc(OC3CCCC3)cc2)cn1. The van der Waals surface area contributed by atoms with Crippen molar-refractivity contribution in [1.29, 1.82) is 0 Å². The molecule has 1 aromatic heterocycles. The van der Waals surface area contributed by atoms with E-state index in [1.165, 1.54) is 31.2 Å². The molecule has 1 saturated carbocycles. The lowest BCUT2D eigenvalue weighted by atomic mass is 10.2. The molecule has 1 fully saturated rings. The van der Waals surface area contributed by atoms with Crippen molar-refractivity contribution in [3.63, 3.8) is 0 Å². The first-order chi connectivity index (χ1) is 10.3. The average molecular weight is 282 g/mol. The fourth-order valence-corrected chi connectivity index (χ4v) is 2.66. The van der Waals surface area contributed by atoms with Crippen LogP contribution in [0.4, 0.5) is 5.69 Å². The minimum absolute atomic E-state index is 0.419. The predicted molar refractivity (Wildman–Crippen MR) is 85.6 cm³/mol. The van der Waals surface area contributed by atoms with Crippen molar-refractivity contribution in [2.24, 2.45) is 0 Å². The topological polar surface area (TPSA) is 34.1 Å². The van der Waals surface area contributed by atoms with E-state index in [1.807, 2.05) is 31.3 Å². The summed E-state index contributed by atoms with van der Waals surface area (Å²) in [4.78, 5) is 4.30. The highest BCUT2D eigenvalue weighted by atomic mass is 16.5. The summed E-state index contributed by atoms with van der Waals surface area (Å²) >= 11 is 0. The van der Waals surface area contributed by atoms with Crippen LogP contribution in [0, 0.1) is 6.92 Å². The maximum atomic E-state index is 5.97. The molecular formula is C18H22N2O. The highest BCUT2D eigenvalue weighted by Gasteiger charge is 2.16. The standard InChI is InChI=1S/C18H22N2O/c1-14-6-7-15(12-19-14)13-20-16-8-10-18(11-9-16)21-17-4-2-3-5-17/h6-12,17,20H,2-5,13H2,1H3. The van der Waals surface area contributed by atoms with Crippen molar-refractivity contribution in [2.75, 3.05) is 5.32 Å². The zero-order valence-electron chi connectivity index (χ0n) is 12.5. The van der Waals surface area contributed by atoms with Gasteiger partial charge < -0.3 is 10.1 Å². The van der Waals surface area contributed by atoms with Gasteiger partial charge in [-0.3, -0.25) is 4.98 Å². The number of aromatic nitrogens is 1. The van der Waals surface area contributed by atoms with Gasteiger partial charge in [0, 0.05) is 24.1 Å². The van der Waals surface area contributed by atoms with E-state index in [9.17, 15) is 0 Å². The van der Waals surface area contributed by atoms with Gasteiger partial charge in [0.25, 0.3) is 0 Å². The van der Waals surface area contributed by atoms with Crippen LogP contribution in [0.1, 0.15) is 36.9 Å². The third-order valence-electron chi connectivity index (χ3n) is 3.93. The molecule has 21 heavy (non-hydrogen) atoms. The first kappa shape index (κ1) is 13.9. The molecule has 0 atom stereocenters. The number of benzene rings is 1. The van der Waals surface area contributed by atoms with Crippen molar-refractivity contribution in [2.45, 2.75) is 45.3 Å². The van der Waals surface area contributed by atoms with Crippen LogP contribution in [0.15, 0.2) is 42.6 Å².